The normalized spacial score (nSPS) is 21.7. The maximum atomic E-state index is 11.8. The van der Waals surface area contributed by atoms with Crippen LogP contribution in [0.1, 0.15) is 17.2 Å². The molecular formula is C15H14ClN3O2S. The van der Waals surface area contributed by atoms with E-state index in [1.54, 1.807) is 18.2 Å². The summed E-state index contributed by atoms with van der Waals surface area (Å²) in [6.45, 7) is 0.400. The topological polar surface area (TPSA) is 70.6 Å². The highest BCUT2D eigenvalue weighted by Gasteiger charge is 2.33. The van der Waals surface area contributed by atoms with Gasteiger partial charge in [0.2, 0.25) is 0 Å². The molecule has 1 saturated heterocycles. The van der Waals surface area contributed by atoms with E-state index in [-0.39, 0.29) is 0 Å². The fourth-order valence-electron chi connectivity index (χ4n) is 2.23. The van der Waals surface area contributed by atoms with E-state index in [0.717, 1.165) is 11.1 Å². The minimum absolute atomic E-state index is 0.367. The van der Waals surface area contributed by atoms with Crippen molar-refractivity contribution in [3.05, 3.63) is 70.7 Å². The van der Waals surface area contributed by atoms with Crippen LogP contribution in [0, 0.1) is 0 Å². The third kappa shape index (κ3) is 3.47. The molecule has 22 heavy (non-hydrogen) atoms. The maximum Gasteiger partial charge on any atom is 0.301 e. The van der Waals surface area contributed by atoms with Crippen molar-refractivity contribution >= 4 is 27.6 Å². The van der Waals surface area contributed by atoms with Crippen molar-refractivity contribution in [1.29, 1.82) is 0 Å². The summed E-state index contributed by atoms with van der Waals surface area (Å²) >= 11 is 5.98. The highest BCUT2D eigenvalue weighted by atomic mass is 35.5. The molecule has 1 atom stereocenters. The van der Waals surface area contributed by atoms with E-state index < -0.39 is 16.3 Å². The van der Waals surface area contributed by atoms with Gasteiger partial charge in [0.25, 0.3) is 0 Å². The Bertz CT molecular complexity index is 807. The molecule has 3 rings (SSSR count). The largest absolute Gasteiger partial charge is 0.301 e. The molecule has 2 aromatic carbocycles. The molecule has 114 valence electrons. The van der Waals surface area contributed by atoms with Gasteiger partial charge in [-0.3, -0.25) is 9.71 Å². The first-order chi connectivity index (χ1) is 10.5. The predicted octanol–water partition coefficient (Wildman–Crippen LogP) is 2.42. The Labute approximate surface area is 134 Å². The minimum Gasteiger partial charge on any atom is -0.265 e. The lowest BCUT2D eigenvalue weighted by molar-refractivity contribution is 0.583. The third-order valence-corrected chi connectivity index (χ3v) is 4.50. The molecule has 1 heterocycles. The lowest BCUT2D eigenvalue weighted by Gasteiger charge is -2.09. The summed E-state index contributed by atoms with van der Waals surface area (Å²) in [5.41, 5.74) is 1.75. The quantitative estimate of drug-likeness (QED) is 0.904. The number of amidine groups is 1. The Morgan fingerprint density at radius 1 is 1.09 bits per heavy atom. The monoisotopic (exact) mass is 335 g/mol. The van der Waals surface area contributed by atoms with Crippen LogP contribution in [0.3, 0.4) is 0 Å². The molecule has 2 aromatic rings. The zero-order valence-electron chi connectivity index (χ0n) is 11.5. The Balaban J connectivity index is 1.90. The second kappa shape index (κ2) is 6.08. The number of hydrogen-bond donors (Lipinski definition) is 2. The number of nitrogens with zero attached hydrogens (tertiary/aromatic N) is 1. The van der Waals surface area contributed by atoms with Crippen molar-refractivity contribution in [2.24, 2.45) is 4.99 Å². The average molecular weight is 336 g/mol. The van der Waals surface area contributed by atoms with Crippen LogP contribution in [-0.4, -0.2) is 14.3 Å². The molecule has 0 radical (unpaired) electrons. The summed E-state index contributed by atoms with van der Waals surface area (Å²) in [5.74, 6) is 0.367. The first kappa shape index (κ1) is 15.0. The van der Waals surface area contributed by atoms with E-state index in [0.29, 0.717) is 17.4 Å². The van der Waals surface area contributed by atoms with Gasteiger partial charge in [-0.25, -0.2) is 0 Å². The summed E-state index contributed by atoms with van der Waals surface area (Å²) in [5, 5.41) is 0.547. The number of aliphatic imine (C=N–C) groups is 1. The lowest BCUT2D eigenvalue weighted by Crippen LogP contribution is -2.24. The van der Waals surface area contributed by atoms with Gasteiger partial charge >= 0.3 is 10.2 Å². The van der Waals surface area contributed by atoms with Crippen LogP contribution >= 0.6 is 11.6 Å². The fraction of sp³-hybridized carbons (Fsp3) is 0.133. The first-order valence-corrected chi connectivity index (χ1v) is 8.53. The number of nitrogens with one attached hydrogen (secondary N) is 2. The van der Waals surface area contributed by atoms with Gasteiger partial charge < -0.3 is 0 Å². The minimum atomic E-state index is -3.58. The lowest BCUT2D eigenvalue weighted by atomic mass is 10.1. The van der Waals surface area contributed by atoms with Gasteiger partial charge in [-0.15, -0.1) is 0 Å². The molecule has 0 unspecified atom stereocenters. The number of hydrogen-bond acceptors (Lipinski definition) is 3. The molecule has 0 amide bonds. The smallest absolute Gasteiger partial charge is 0.265 e. The summed E-state index contributed by atoms with van der Waals surface area (Å²) in [4.78, 5) is 4.40. The number of rotatable bonds is 3. The standard InChI is InChI=1S/C15H14ClN3O2S/c16-13-8-4-7-12(9-13)14-15(19-22(20,21)18-14)17-10-11-5-2-1-3-6-11/h1-9,14,18H,10H2,(H,17,19)/t14-/m0/s1. The van der Waals surface area contributed by atoms with Crippen LogP contribution in [0.25, 0.3) is 0 Å². The summed E-state index contributed by atoms with van der Waals surface area (Å²) in [7, 11) is -3.58. The number of benzene rings is 2. The van der Waals surface area contributed by atoms with E-state index in [1.165, 1.54) is 0 Å². The second-order valence-electron chi connectivity index (χ2n) is 4.90. The first-order valence-electron chi connectivity index (χ1n) is 6.67. The fourth-order valence-corrected chi connectivity index (χ4v) is 3.51. The molecule has 0 aromatic heterocycles. The molecule has 1 aliphatic rings. The van der Waals surface area contributed by atoms with E-state index in [9.17, 15) is 8.42 Å². The third-order valence-electron chi connectivity index (χ3n) is 3.24. The van der Waals surface area contributed by atoms with Crippen LogP contribution in [0.5, 0.6) is 0 Å². The van der Waals surface area contributed by atoms with Crippen LogP contribution in [0.15, 0.2) is 59.6 Å². The van der Waals surface area contributed by atoms with Gasteiger partial charge in [-0.2, -0.15) is 13.1 Å². The van der Waals surface area contributed by atoms with Gasteiger partial charge in [0.1, 0.15) is 11.9 Å². The molecule has 1 fully saturated rings. The van der Waals surface area contributed by atoms with Crippen molar-refractivity contribution in [2.45, 2.75) is 12.6 Å². The van der Waals surface area contributed by atoms with E-state index in [2.05, 4.69) is 14.4 Å². The van der Waals surface area contributed by atoms with E-state index >= 15 is 0 Å². The van der Waals surface area contributed by atoms with E-state index in [1.807, 2.05) is 36.4 Å². The zero-order chi connectivity index (χ0) is 15.6. The van der Waals surface area contributed by atoms with Crippen molar-refractivity contribution in [3.8, 4) is 0 Å². The van der Waals surface area contributed by atoms with Gasteiger partial charge in [0, 0.05) is 5.02 Å². The van der Waals surface area contributed by atoms with Gasteiger partial charge in [-0.05, 0) is 23.3 Å². The molecule has 7 heteroatoms. The average Bonchev–Trinajstić information content (AvgIpc) is 2.81. The predicted molar refractivity (Wildman–Crippen MR) is 87.0 cm³/mol. The second-order valence-corrected chi connectivity index (χ2v) is 6.78. The van der Waals surface area contributed by atoms with Crippen LogP contribution in [0.4, 0.5) is 0 Å². The van der Waals surface area contributed by atoms with Gasteiger partial charge in [0.15, 0.2) is 0 Å². The molecule has 0 bridgehead atoms. The molecule has 5 nitrogen and oxygen atoms in total. The highest BCUT2D eigenvalue weighted by Crippen LogP contribution is 2.23. The molecule has 2 N–H and O–H groups in total. The van der Waals surface area contributed by atoms with Crippen molar-refractivity contribution in [2.75, 3.05) is 0 Å². The Hall–Kier alpha value is -1.89. The number of halogens is 1. The highest BCUT2D eigenvalue weighted by molar-refractivity contribution is 7.88. The Kier molecular flexibility index (Phi) is 4.15. The zero-order valence-corrected chi connectivity index (χ0v) is 13.1. The van der Waals surface area contributed by atoms with Crippen LogP contribution in [-0.2, 0) is 16.8 Å². The molecule has 0 aliphatic carbocycles. The van der Waals surface area contributed by atoms with Crippen LogP contribution in [0.2, 0.25) is 5.02 Å². The van der Waals surface area contributed by atoms with Crippen molar-refractivity contribution < 1.29 is 8.42 Å². The Morgan fingerprint density at radius 2 is 1.86 bits per heavy atom. The maximum absolute atomic E-state index is 11.8. The molecule has 0 spiro atoms. The van der Waals surface area contributed by atoms with Crippen molar-refractivity contribution in [1.82, 2.24) is 9.44 Å². The Morgan fingerprint density at radius 3 is 2.59 bits per heavy atom. The molecule has 0 saturated carbocycles. The summed E-state index contributed by atoms with van der Waals surface area (Å²) in [6.07, 6.45) is 0. The van der Waals surface area contributed by atoms with Crippen LogP contribution < -0.4 is 9.44 Å². The van der Waals surface area contributed by atoms with Gasteiger partial charge in [0.05, 0.1) is 6.54 Å². The van der Waals surface area contributed by atoms with E-state index in [4.69, 9.17) is 11.6 Å². The van der Waals surface area contributed by atoms with Gasteiger partial charge in [-0.1, -0.05) is 54.1 Å². The molecule has 1 aliphatic heterocycles. The summed E-state index contributed by atoms with van der Waals surface area (Å²) < 4.78 is 28.5. The molecular weight excluding hydrogens is 322 g/mol. The SMILES string of the molecule is O=S1(=O)NC(=NCc2ccccc2)[C@H](c2cccc(Cl)c2)N1. The van der Waals surface area contributed by atoms with Crippen molar-refractivity contribution in [3.63, 3.8) is 0 Å². The summed E-state index contributed by atoms with van der Waals surface area (Å²) in [6, 6.07) is 16.1.